The van der Waals surface area contributed by atoms with Gasteiger partial charge >= 0.3 is 12.8 Å². The number of aromatic nitrogens is 3. The topological polar surface area (TPSA) is 103 Å². The summed E-state index contributed by atoms with van der Waals surface area (Å²) in [6.07, 6.45) is 8.98. The van der Waals surface area contributed by atoms with Gasteiger partial charge in [-0.05, 0) is 30.0 Å². The number of hydrogen-bond acceptors (Lipinski definition) is 6. The maximum absolute atomic E-state index is 12.3. The molecule has 1 aliphatic rings. The van der Waals surface area contributed by atoms with Crippen LogP contribution in [0.15, 0.2) is 54.9 Å². The monoisotopic (exact) mass is 351 g/mol. The first-order chi connectivity index (χ1) is 12.6. The third-order valence-electron chi connectivity index (χ3n) is 4.11. The molecule has 1 aromatic heterocycles. The highest BCUT2D eigenvalue weighted by atomic mass is 16.6. The SMILES string of the molecule is O=C(CCCCn1cnc([N+](=O)[O-])n1)c1ccc(B2C=CC=CN2)cc1. The summed E-state index contributed by atoms with van der Waals surface area (Å²) in [5.41, 5.74) is 1.80. The van der Waals surface area contributed by atoms with Crippen molar-refractivity contribution in [2.24, 2.45) is 0 Å². The molecule has 0 amide bonds. The molecule has 0 saturated carbocycles. The number of carbonyl (C=O) groups is 1. The van der Waals surface area contributed by atoms with E-state index in [4.69, 9.17) is 0 Å². The van der Waals surface area contributed by atoms with Crippen LogP contribution in [-0.2, 0) is 6.54 Å². The number of aryl methyl sites for hydroxylation is 1. The van der Waals surface area contributed by atoms with Gasteiger partial charge in [-0.15, -0.1) is 0 Å². The van der Waals surface area contributed by atoms with Crippen LogP contribution in [0.25, 0.3) is 0 Å². The molecule has 9 heteroatoms. The van der Waals surface area contributed by atoms with Crippen molar-refractivity contribution in [3.8, 4) is 0 Å². The second-order valence-electron chi connectivity index (χ2n) is 5.96. The summed E-state index contributed by atoms with van der Waals surface area (Å²) in [5.74, 6) is 1.75. The van der Waals surface area contributed by atoms with Gasteiger partial charge in [0.05, 0.1) is 6.54 Å². The second-order valence-corrected chi connectivity index (χ2v) is 5.96. The second kappa shape index (κ2) is 8.24. The molecule has 1 aromatic carbocycles. The number of ketones is 1. The van der Waals surface area contributed by atoms with E-state index in [1.165, 1.54) is 11.0 Å². The van der Waals surface area contributed by atoms with Crippen molar-refractivity contribution >= 4 is 24.0 Å². The van der Waals surface area contributed by atoms with Gasteiger partial charge in [-0.3, -0.25) is 4.79 Å². The van der Waals surface area contributed by atoms with E-state index in [0.29, 0.717) is 31.4 Å². The molecule has 8 nitrogen and oxygen atoms in total. The first-order valence-corrected chi connectivity index (χ1v) is 8.40. The molecule has 132 valence electrons. The van der Waals surface area contributed by atoms with Crippen LogP contribution in [0.3, 0.4) is 0 Å². The minimum Gasteiger partial charge on any atom is -0.427 e. The number of nitrogens with zero attached hydrogens (tertiary/aromatic N) is 4. The molecule has 2 heterocycles. The van der Waals surface area contributed by atoms with Crippen molar-refractivity contribution in [2.75, 3.05) is 0 Å². The van der Waals surface area contributed by atoms with E-state index in [2.05, 4.69) is 21.3 Å². The maximum atomic E-state index is 12.3. The molecule has 3 rings (SSSR count). The van der Waals surface area contributed by atoms with E-state index in [1.807, 2.05) is 42.6 Å². The molecule has 1 aliphatic heterocycles. The van der Waals surface area contributed by atoms with Crippen LogP contribution >= 0.6 is 0 Å². The number of hydrogen-bond donors (Lipinski definition) is 1. The summed E-state index contributed by atoms with van der Waals surface area (Å²) >= 11 is 0. The highest BCUT2D eigenvalue weighted by molar-refractivity contribution is 6.76. The van der Waals surface area contributed by atoms with Gasteiger partial charge < -0.3 is 15.3 Å². The third-order valence-corrected chi connectivity index (χ3v) is 4.11. The average molecular weight is 351 g/mol. The maximum Gasteiger partial charge on any atom is 0.490 e. The van der Waals surface area contributed by atoms with Gasteiger partial charge in [-0.25, -0.2) is 0 Å². The van der Waals surface area contributed by atoms with Crippen LogP contribution in [0.1, 0.15) is 29.6 Å². The number of carbonyl (C=O) groups excluding carboxylic acids is 1. The highest BCUT2D eigenvalue weighted by Crippen LogP contribution is 2.08. The average Bonchev–Trinajstić information content (AvgIpc) is 3.15. The van der Waals surface area contributed by atoms with Crippen molar-refractivity contribution in [3.05, 3.63) is 70.6 Å². The molecule has 1 N–H and O–H groups in total. The molecule has 0 radical (unpaired) electrons. The number of nitro groups is 1. The van der Waals surface area contributed by atoms with Crippen molar-refractivity contribution in [1.82, 2.24) is 20.0 Å². The number of allylic oxidation sites excluding steroid dienone is 2. The predicted molar refractivity (Wildman–Crippen MR) is 98.1 cm³/mol. The Kier molecular flexibility index (Phi) is 5.57. The summed E-state index contributed by atoms with van der Waals surface area (Å²) in [6.45, 7) is 0.635. The summed E-state index contributed by atoms with van der Waals surface area (Å²) < 4.78 is 1.43. The van der Waals surface area contributed by atoms with E-state index in [1.54, 1.807) is 0 Å². The Morgan fingerprint density at radius 2 is 2.04 bits per heavy atom. The smallest absolute Gasteiger partial charge is 0.427 e. The lowest BCUT2D eigenvalue weighted by Crippen LogP contribution is -2.41. The van der Waals surface area contributed by atoms with Gasteiger partial charge in [0.25, 0.3) is 0 Å². The Morgan fingerprint density at radius 1 is 1.23 bits per heavy atom. The first-order valence-electron chi connectivity index (χ1n) is 8.40. The first kappa shape index (κ1) is 17.6. The number of benzene rings is 1. The van der Waals surface area contributed by atoms with Crippen LogP contribution in [0.4, 0.5) is 5.95 Å². The standard InChI is InChI=1S/C17H18BN5O3/c24-16(5-1-4-12-22-13-19-17(21-22)23(25)26)14-6-8-15(9-7-14)18-10-2-3-11-20-18/h2-3,6-11,13,20H,1,4-5,12H2. The van der Waals surface area contributed by atoms with E-state index in [9.17, 15) is 14.9 Å². The van der Waals surface area contributed by atoms with Crippen LogP contribution in [0.2, 0.25) is 0 Å². The largest absolute Gasteiger partial charge is 0.490 e. The molecule has 26 heavy (non-hydrogen) atoms. The Morgan fingerprint density at radius 3 is 2.69 bits per heavy atom. The Bertz CT molecular complexity index is 844. The molecule has 0 fully saturated rings. The van der Waals surface area contributed by atoms with Gasteiger partial charge in [0.1, 0.15) is 0 Å². The number of unbranched alkanes of at least 4 members (excludes halogenated alkanes) is 1. The summed E-state index contributed by atoms with van der Waals surface area (Å²) in [4.78, 5) is 25.8. The Balaban J connectivity index is 1.45. The molecule has 2 aromatic rings. The minimum atomic E-state index is -0.626. The van der Waals surface area contributed by atoms with Crippen molar-refractivity contribution < 1.29 is 9.72 Å². The van der Waals surface area contributed by atoms with Gasteiger partial charge in [-0.2, -0.15) is 4.68 Å². The van der Waals surface area contributed by atoms with Gasteiger partial charge in [0, 0.05) is 17.1 Å². The molecule has 0 bridgehead atoms. The zero-order chi connectivity index (χ0) is 18.4. The van der Waals surface area contributed by atoms with Crippen LogP contribution in [0.5, 0.6) is 0 Å². The van der Waals surface area contributed by atoms with Crippen LogP contribution < -0.4 is 10.7 Å². The lowest BCUT2D eigenvalue weighted by Gasteiger charge is -2.12. The fourth-order valence-electron chi connectivity index (χ4n) is 2.71. The van der Waals surface area contributed by atoms with Gasteiger partial charge in [0.15, 0.2) is 5.78 Å². The van der Waals surface area contributed by atoms with E-state index in [-0.39, 0.29) is 12.6 Å². The highest BCUT2D eigenvalue weighted by Gasteiger charge is 2.15. The molecular formula is C17H18BN5O3. The van der Waals surface area contributed by atoms with E-state index >= 15 is 0 Å². The number of nitrogens with one attached hydrogen (secondary N) is 1. The van der Waals surface area contributed by atoms with E-state index < -0.39 is 10.9 Å². The van der Waals surface area contributed by atoms with Gasteiger partial charge in [-0.1, -0.05) is 46.8 Å². The third kappa shape index (κ3) is 4.44. The fraction of sp³-hybridized carbons (Fsp3) is 0.235. The lowest BCUT2D eigenvalue weighted by molar-refractivity contribution is -0.394. The van der Waals surface area contributed by atoms with Crippen molar-refractivity contribution in [2.45, 2.75) is 25.8 Å². The Hall–Kier alpha value is -3.23. The van der Waals surface area contributed by atoms with Crippen molar-refractivity contribution in [3.63, 3.8) is 0 Å². The number of Topliss-reactive ketones (excluding diaryl/α,β-unsaturated/α-hetero) is 1. The molecule has 0 aliphatic carbocycles. The summed E-state index contributed by atoms with van der Waals surface area (Å²) in [5, 5.41) is 17.5. The predicted octanol–water partition coefficient (Wildman–Crippen LogP) is 1.65. The van der Waals surface area contributed by atoms with Crippen LogP contribution in [-0.4, -0.2) is 32.3 Å². The summed E-state index contributed by atoms with van der Waals surface area (Å²) in [7, 11) is 0. The molecule has 0 unspecified atom stereocenters. The molecule has 0 atom stereocenters. The zero-order valence-electron chi connectivity index (χ0n) is 14.1. The van der Waals surface area contributed by atoms with Crippen LogP contribution in [0, 0.1) is 10.1 Å². The quantitative estimate of drug-likeness (QED) is 0.255. The van der Waals surface area contributed by atoms with Gasteiger partial charge in [0.2, 0.25) is 6.33 Å². The minimum absolute atomic E-state index is 0.0909. The normalized spacial score (nSPS) is 12.8. The fourth-order valence-corrected chi connectivity index (χ4v) is 2.71. The number of rotatable bonds is 8. The molecule has 0 saturated heterocycles. The van der Waals surface area contributed by atoms with E-state index in [0.717, 1.165) is 5.46 Å². The zero-order valence-corrected chi connectivity index (χ0v) is 14.1. The summed E-state index contributed by atoms with van der Waals surface area (Å²) in [6, 6.07) is 7.63. The lowest BCUT2D eigenvalue weighted by atomic mass is 9.55. The Labute approximate surface area is 150 Å². The molecular weight excluding hydrogens is 333 g/mol. The molecule has 0 spiro atoms. The van der Waals surface area contributed by atoms with Crippen molar-refractivity contribution in [1.29, 1.82) is 0 Å².